The first kappa shape index (κ1) is 13.1. The van der Waals surface area contributed by atoms with Crippen molar-refractivity contribution in [2.75, 3.05) is 0 Å². The highest BCUT2D eigenvalue weighted by Gasteiger charge is 2.06. The molecule has 0 aromatic heterocycles. The van der Waals surface area contributed by atoms with Crippen LogP contribution in [0, 0.1) is 25.2 Å². The van der Waals surface area contributed by atoms with Crippen LogP contribution >= 0.6 is 0 Å². The fraction of sp³-hybridized carbons (Fsp3) is 0.188. The van der Waals surface area contributed by atoms with Crippen molar-refractivity contribution < 1.29 is 9.84 Å². The van der Waals surface area contributed by atoms with E-state index >= 15 is 0 Å². The summed E-state index contributed by atoms with van der Waals surface area (Å²) in [4.78, 5) is 0. The zero-order valence-corrected chi connectivity index (χ0v) is 11.0. The van der Waals surface area contributed by atoms with Crippen molar-refractivity contribution in [1.82, 2.24) is 0 Å². The lowest BCUT2D eigenvalue weighted by Crippen LogP contribution is -1.93. The molecule has 0 spiro atoms. The van der Waals surface area contributed by atoms with Gasteiger partial charge in [0.1, 0.15) is 11.5 Å². The molecule has 2 aromatic carbocycles. The molecule has 2 aromatic rings. The highest BCUT2D eigenvalue weighted by Crippen LogP contribution is 2.29. The van der Waals surface area contributed by atoms with Crippen molar-refractivity contribution in [3.63, 3.8) is 0 Å². The molecule has 0 fully saturated rings. The molecule has 3 heteroatoms. The number of aryl methyl sites for hydroxylation is 2. The van der Waals surface area contributed by atoms with Crippen LogP contribution < -0.4 is 4.74 Å². The average Bonchev–Trinajstić information content (AvgIpc) is 2.43. The standard InChI is InChI=1S/C16H15NO2/c1-11-3-4-13(9-17)8-16(11)19-15-6-5-14(10-18)7-12(15)2/h3-8,18H,10H2,1-2H3. The van der Waals surface area contributed by atoms with Crippen molar-refractivity contribution in [3.05, 3.63) is 58.7 Å². The van der Waals surface area contributed by atoms with E-state index in [2.05, 4.69) is 6.07 Å². The molecule has 96 valence electrons. The second-order valence-electron chi connectivity index (χ2n) is 4.45. The number of nitriles is 1. The second kappa shape index (κ2) is 5.55. The van der Waals surface area contributed by atoms with Crippen molar-refractivity contribution >= 4 is 0 Å². The summed E-state index contributed by atoms with van der Waals surface area (Å²) in [7, 11) is 0. The SMILES string of the molecule is Cc1cc(CO)ccc1Oc1cc(C#N)ccc1C. The number of benzene rings is 2. The van der Waals surface area contributed by atoms with Crippen LogP contribution in [0.5, 0.6) is 11.5 Å². The first-order valence-corrected chi connectivity index (χ1v) is 6.03. The molecule has 0 heterocycles. The fourth-order valence-corrected chi connectivity index (χ4v) is 1.82. The van der Waals surface area contributed by atoms with Crippen molar-refractivity contribution in [2.45, 2.75) is 20.5 Å². The minimum atomic E-state index is 0.0179. The topological polar surface area (TPSA) is 53.2 Å². The van der Waals surface area contributed by atoms with Gasteiger partial charge in [-0.25, -0.2) is 0 Å². The number of nitrogens with zero attached hydrogens (tertiary/aromatic N) is 1. The second-order valence-corrected chi connectivity index (χ2v) is 4.45. The van der Waals surface area contributed by atoms with E-state index in [9.17, 15) is 0 Å². The molecule has 0 atom stereocenters. The molecular weight excluding hydrogens is 238 g/mol. The Morgan fingerprint density at radius 3 is 2.47 bits per heavy atom. The Morgan fingerprint density at radius 1 is 1.05 bits per heavy atom. The largest absolute Gasteiger partial charge is 0.457 e. The van der Waals surface area contributed by atoms with Crippen molar-refractivity contribution in [3.8, 4) is 17.6 Å². The summed E-state index contributed by atoms with van der Waals surface area (Å²) >= 11 is 0. The van der Waals surface area contributed by atoms with Crippen LogP contribution in [0.3, 0.4) is 0 Å². The molecule has 0 bridgehead atoms. The number of aliphatic hydroxyl groups excluding tert-OH is 1. The first-order chi connectivity index (χ1) is 9.13. The molecule has 3 nitrogen and oxygen atoms in total. The van der Waals surface area contributed by atoms with E-state index in [1.807, 2.05) is 38.1 Å². The van der Waals surface area contributed by atoms with Crippen LogP contribution in [0.1, 0.15) is 22.3 Å². The summed E-state index contributed by atoms with van der Waals surface area (Å²) in [5, 5.41) is 18.0. The molecule has 1 N–H and O–H groups in total. The number of hydrogen-bond acceptors (Lipinski definition) is 3. The van der Waals surface area contributed by atoms with Crippen molar-refractivity contribution in [2.24, 2.45) is 0 Å². The van der Waals surface area contributed by atoms with Crippen LogP contribution in [0.4, 0.5) is 0 Å². The molecule has 0 aliphatic heterocycles. The van der Waals surface area contributed by atoms with Gasteiger partial charge in [0.05, 0.1) is 18.2 Å². The van der Waals surface area contributed by atoms with Crippen LogP contribution in [0.2, 0.25) is 0 Å². The Kier molecular flexibility index (Phi) is 3.84. The smallest absolute Gasteiger partial charge is 0.131 e. The maximum Gasteiger partial charge on any atom is 0.131 e. The average molecular weight is 253 g/mol. The van der Waals surface area contributed by atoms with Gasteiger partial charge in [-0.3, -0.25) is 0 Å². The van der Waals surface area contributed by atoms with Crippen LogP contribution in [-0.4, -0.2) is 5.11 Å². The number of aliphatic hydroxyl groups is 1. The molecule has 2 rings (SSSR count). The monoisotopic (exact) mass is 253 g/mol. The van der Waals surface area contributed by atoms with E-state index in [1.54, 1.807) is 12.1 Å². The number of rotatable bonds is 3. The molecule has 0 amide bonds. The third-order valence-electron chi connectivity index (χ3n) is 2.96. The van der Waals surface area contributed by atoms with Gasteiger partial charge in [0.2, 0.25) is 0 Å². The lowest BCUT2D eigenvalue weighted by molar-refractivity contribution is 0.281. The molecule has 0 saturated heterocycles. The first-order valence-electron chi connectivity index (χ1n) is 6.03. The van der Waals surface area contributed by atoms with E-state index in [0.29, 0.717) is 11.3 Å². The van der Waals surface area contributed by atoms with Gasteiger partial charge in [-0.2, -0.15) is 5.26 Å². The van der Waals surface area contributed by atoms with E-state index < -0.39 is 0 Å². The predicted octanol–water partition coefficient (Wildman–Crippen LogP) is 3.46. The van der Waals surface area contributed by atoms with Crippen LogP contribution in [0.15, 0.2) is 36.4 Å². The summed E-state index contributed by atoms with van der Waals surface area (Å²) in [6.07, 6.45) is 0. The van der Waals surface area contributed by atoms with Crippen LogP contribution in [-0.2, 0) is 6.61 Å². The van der Waals surface area contributed by atoms with E-state index in [1.165, 1.54) is 0 Å². The zero-order valence-electron chi connectivity index (χ0n) is 11.0. The van der Waals surface area contributed by atoms with Crippen molar-refractivity contribution in [1.29, 1.82) is 5.26 Å². The summed E-state index contributed by atoms with van der Waals surface area (Å²) in [5.74, 6) is 1.41. The van der Waals surface area contributed by atoms with E-state index in [-0.39, 0.29) is 6.61 Å². The fourth-order valence-electron chi connectivity index (χ4n) is 1.82. The van der Waals surface area contributed by atoms with Gasteiger partial charge in [-0.15, -0.1) is 0 Å². The lowest BCUT2D eigenvalue weighted by atomic mass is 10.1. The van der Waals surface area contributed by atoms with Gasteiger partial charge >= 0.3 is 0 Å². The summed E-state index contributed by atoms with van der Waals surface area (Å²) in [5.41, 5.74) is 3.36. The molecule has 19 heavy (non-hydrogen) atoms. The van der Waals surface area contributed by atoms with E-state index in [4.69, 9.17) is 15.1 Å². The molecular formula is C16H15NO2. The maximum absolute atomic E-state index is 9.08. The number of hydrogen-bond donors (Lipinski definition) is 1. The Hall–Kier alpha value is -2.31. The Morgan fingerprint density at radius 2 is 1.84 bits per heavy atom. The van der Waals surface area contributed by atoms with Crippen LogP contribution in [0.25, 0.3) is 0 Å². The molecule has 0 unspecified atom stereocenters. The highest BCUT2D eigenvalue weighted by atomic mass is 16.5. The normalized spacial score (nSPS) is 10.0. The zero-order chi connectivity index (χ0) is 13.8. The predicted molar refractivity (Wildman–Crippen MR) is 73.1 cm³/mol. The van der Waals surface area contributed by atoms with Gasteiger partial charge in [-0.1, -0.05) is 18.2 Å². The Balaban J connectivity index is 2.33. The summed E-state index contributed by atoms with van der Waals surface area (Å²) in [6, 6.07) is 13.0. The summed E-state index contributed by atoms with van der Waals surface area (Å²) < 4.78 is 5.85. The summed E-state index contributed by atoms with van der Waals surface area (Å²) in [6.45, 7) is 3.88. The number of ether oxygens (including phenoxy) is 1. The quantitative estimate of drug-likeness (QED) is 0.911. The van der Waals surface area contributed by atoms with Gasteiger partial charge in [0.25, 0.3) is 0 Å². The lowest BCUT2D eigenvalue weighted by Gasteiger charge is -2.12. The van der Waals surface area contributed by atoms with Gasteiger partial charge in [-0.05, 0) is 48.7 Å². The molecule has 0 aliphatic carbocycles. The molecule has 0 aliphatic rings. The van der Waals surface area contributed by atoms with Gasteiger partial charge in [0.15, 0.2) is 0 Å². The van der Waals surface area contributed by atoms with Gasteiger partial charge < -0.3 is 9.84 Å². The molecule has 0 radical (unpaired) electrons. The third-order valence-corrected chi connectivity index (χ3v) is 2.96. The minimum absolute atomic E-state index is 0.0179. The maximum atomic E-state index is 9.08. The van der Waals surface area contributed by atoms with Gasteiger partial charge in [0, 0.05) is 0 Å². The molecule has 0 saturated carbocycles. The third kappa shape index (κ3) is 2.93. The highest BCUT2D eigenvalue weighted by molar-refractivity contribution is 5.46. The Bertz CT molecular complexity index is 642. The van der Waals surface area contributed by atoms with E-state index in [0.717, 1.165) is 22.4 Å². The Labute approximate surface area is 112 Å². The minimum Gasteiger partial charge on any atom is -0.457 e.